The summed E-state index contributed by atoms with van der Waals surface area (Å²) in [5, 5.41) is 14.7. The zero-order chi connectivity index (χ0) is 25.9. The molecule has 0 saturated carbocycles. The highest BCUT2D eigenvalue weighted by Crippen LogP contribution is 2.44. The third-order valence-corrected chi connectivity index (χ3v) is 6.36. The van der Waals surface area contributed by atoms with E-state index in [1.807, 2.05) is 37.3 Å². The number of ketones is 1. The first-order valence-corrected chi connectivity index (χ1v) is 11.5. The van der Waals surface area contributed by atoms with Crippen LogP contribution in [0.1, 0.15) is 34.5 Å². The zero-order valence-corrected chi connectivity index (χ0v) is 19.5. The quantitative estimate of drug-likeness (QED) is 0.409. The molecule has 1 fully saturated rings. The summed E-state index contributed by atoms with van der Waals surface area (Å²) in [5.74, 6) is -3.01. The first kappa shape index (κ1) is 25.2. The Balaban J connectivity index is 1.70. The second kappa shape index (κ2) is 10.0. The number of amides is 2. The van der Waals surface area contributed by atoms with Crippen LogP contribution in [0.15, 0.2) is 84.9 Å². The molecule has 0 aromatic heterocycles. The lowest BCUT2D eigenvalue weighted by Gasteiger charge is -2.45. The maximum Gasteiger partial charge on any atom is 0.437 e. The molecule has 36 heavy (non-hydrogen) atoms. The number of nitrogens with zero attached hydrogens (tertiary/aromatic N) is 1. The lowest BCUT2D eigenvalue weighted by Crippen LogP contribution is -2.72. The number of aliphatic hydroxyl groups is 1. The third-order valence-electron chi connectivity index (χ3n) is 6.36. The van der Waals surface area contributed by atoms with Crippen molar-refractivity contribution in [3.63, 3.8) is 0 Å². The highest BCUT2D eigenvalue weighted by molar-refractivity contribution is 6.00. The van der Waals surface area contributed by atoms with Crippen molar-refractivity contribution in [2.75, 3.05) is 11.4 Å². The van der Waals surface area contributed by atoms with Gasteiger partial charge >= 0.3 is 12.2 Å². The molecule has 4 rings (SSSR count). The molecule has 1 aliphatic heterocycles. The number of anilines is 1. The van der Waals surface area contributed by atoms with E-state index in [9.17, 15) is 27.9 Å². The van der Waals surface area contributed by atoms with Gasteiger partial charge < -0.3 is 20.6 Å². The Bertz CT molecular complexity index is 1200. The van der Waals surface area contributed by atoms with Gasteiger partial charge in [0.25, 0.3) is 0 Å². The van der Waals surface area contributed by atoms with Crippen LogP contribution in [0.3, 0.4) is 0 Å². The Kier molecular flexibility index (Phi) is 7.03. The molecule has 0 aliphatic carbocycles. The number of carbonyl (C=O) groups excluding carboxylic acids is 2. The largest absolute Gasteiger partial charge is 0.437 e. The number of hydrogen-bond donors (Lipinski definition) is 3. The van der Waals surface area contributed by atoms with Crippen LogP contribution in [0.5, 0.6) is 0 Å². The van der Waals surface area contributed by atoms with E-state index in [2.05, 4.69) is 10.2 Å². The predicted octanol–water partition coefficient (Wildman–Crippen LogP) is 4.82. The first-order chi connectivity index (χ1) is 17.1. The second-order valence-corrected chi connectivity index (χ2v) is 8.64. The van der Waals surface area contributed by atoms with Crippen molar-refractivity contribution >= 4 is 17.5 Å². The van der Waals surface area contributed by atoms with Gasteiger partial charge in [0.1, 0.15) is 5.92 Å². The molecule has 3 N–H and O–H groups in total. The van der Waals surface area contributed by atoms with Gasteiger partial charge in [-0.25, -0.2) is 4.79 Å². The molecule has 6 nitrogen and oxygen atoms in total. The summed E-state index contributed by atoms with van der Waals surface area (Å²) in [6, 6.07) is 21.2. The fourth-order valence-corrected chi connectivity index (χ4v) is 4.48. The number of benzene rings is 3. The van der Waals surface area contributed by atoms with E-state index in [0.717, 1.165) is 11.3 Å². The molecule has 0 unspecified atom stereocenters. The van der Waals surface area contributed by atoms with Gasteiger partial charge in [0.05, 0.1) is 6.04 Å². The number of hydrogen-bond acceptors (Lipinski definition) is 4. The normalized spacial score (nSPS) is 21.9. The number of alkyl halides is 3. The van der Waals surface area contributed by atoms with Crippen molar-refractivity contribution in [3.05, 3.63) is 102 Å². The van der Waals surface area contributed by atoms with Crippen molar-refractivity contribution in [3.8, 4) is 0 Å². The third kappa shape index (κ3) is 4.92. The van der Waals surface area contributed by atoms with Gasteiger partial charge in [-0.15, -0.1) is 0 Å². The van der Waals surface area contributed by atoms with Crippen LogP contribution in [0.2, 0.25) is 0 Å². The van der Waals surface area contributed by atoms with E-state index in [0.29, 0.717) is 13.1 Å². The molecule has 9 heteroatoms. The van der Waals surface area contributed by atoms with Crippen LogP contribution >= 0.6 is 0 Å². The van der Waals surface area contributed by atoms with Gasteiger partial charge in [0.2, 0.25) is 5.72 Å². The molecule has 0 radical (unpaired) electrons. The molecule has 1 aliphatic rings. The molecular formula is C27H26F3N3O3. The van der Waals surface area contributed by atoms with E-state index in [4.69, 9.17) is 0 Å². The summed E-state index contributed by atoms with van der Waals surface area (Å²) < 4.78 is 42.3. The second-order valence-electron chi connectivity index (χ2n) is 8.64. The maximum absolute atomic E-state index is 14.1. The van der Waals surface area contributed by atoms with Crippen molar-refractivity contribution in [1.82, 2.24) is 10.6 Å². The number of Topliss-reactive ketones (excluding diaryl/α,β-unsaturated/α-hetero) is 1. The molecule has 3 aromatic carbocycles. The zero-order valence-electron chi connectivity index (χ0n) is 19.5. The van der Waals surface area contributed by atoms with Gasteiger partial charge in [-0.3, -0.25) is 4.79 Å². The lowest BCUT2D eigenvalue weighted by molar-refractivity contribution is -0.287. The van der Waals surface area contributed by atoms with Gasteiger partial charge in [0.15, 0.2) is 5.78 Å². The summed E-state index contributed by atoms with van der Waals surface area (Å²) >= 11 is 0. The maximum atomic E-state index is 14.1. The molecular weight excluding hydrogens is 471 g/mol. The number of urea groups is 1. The van der Waals surface area contributed by atoms with E-state index in [1.54, 1.807) is 35.6 Å². The fourth-order valence-electron chi connectivity index (χ4n) is 4.48. The Morgan fingerprint density at radius 1 is 0.972 bits per heavy atom. The van der Waals surface area contributed by atoms with E-state index in [1.165, 1.54) is 24.3 Å². The first-order valence-electron chi connectivity index (χ1n) is 11.5. The van der Waals surface area contributed by atoms with Gasteiger partial charge in [-0.2, -0.15) is 13.2 Å². The average Bonchev–Trinajstić information content (AvgIpc) is 2.87. The summed E-state index contributed by atoms with van der Waals surface area (Å²) in [4.78, 5) is 27.6. The van der Waals surface area contributed by atoms with Crippen LogP contribution < -0.4 is 15.5 Å². The molecule has 1 heterocycles. The van der Waals surface area contributed by atoms with Crippen LogP contribution in [0.4, 0.5) is 23.7 Å². The number of rotatable bonds is 7. The van der Waals surface area contributed by atoms with Crippen LogP contribution in [0, 0.1) is 5.92 Å². The summed E-state index contributed by atoms with van der Waals surface area (Å²) in [7, 11) is 0. The Morgan fingerprint density at radius 3 is 2.11 bits per heavy atom. The minimum Gasteiger partial charge on any atom is -0.367 e. The molecule has 1 saturated heterocycles. The van der Waals surface area contributed by atoms with Gasteiger partial charge in [-0.05, 0) is 30.2 Å². The highest BCUT2D eigenvalue weighted by Gasteiger charge is 2.66. The lowest BCUT2D eigenvalue weighted by atomic mass is 9.77. The minimum absolute atomic E-state index is 0.00948. The number of halogens is 3. The van der Waals surface area contributed by atoms with E-state index in [-0.39, 0.29) is 11.1 Å². The molecule has 188 valence electrons. The average molecular weight is 498 g/mol. The van der Waals surface area contributed by atoms with Crippen molar-refractivity contribution in [2.24, 2.45) is 5.92 Å². The smallest absolute Gasteiger partial charge is 0.367 e. The highest BCUT2D eigenvalue weighted by atomic mass is 19.4. The predicted molar refractivity (Wildman–Crippen MR) is 129 cm³/mol. The molecule has 2 amide bonds. The monoisotopic (exact) mass is 497 g/mol. The number of carbonyl (C=O) groups is 2. The summed E-state index contributed by atoms with van der Waals surface area (Å²) in [6.45, 7) is 3.30. The van der Waals surface area contributed by atoms with Gasteiger partial charge in [-0.1, -0.05) is 72.8 Å². The van der Waals surface area contributed by atoms with Crippen molar-refractivity contribution < 1.29 is 27.9 Å². The number of nitrogens with one attached hydrogen (secondary N) is 2. The molecule has 0 bridgehead atoms. The van der Waals surface area contributed by atoms with Crippen molar-refractivity contribution in [1.29, 1.82) is 0 Å². The van der Waals surface area contributed by atoms with Crippen LogP contribution in [0.25, 0.3) is 0 Å². The van der Waals surface area contributed by atoms with E-state index >= 15 is 0 Å². The Labute approximate surface area is 206 Å². The fraction of sp³-hybridized carbons (Fsp3) is 0.259. The molecule has 3 aromatic rings. The summed E-state index contributed by atoms with van der Waals surface area (Å²) in [5.41, 5.74) is -1.58. The molecule has 3 atom stereocenters. The standard InChI is InChI=1S/C27H26F3N3O3/c1-2-33(17-18-9-5-3-6-10-18)21-15-13-19(14-16-21)23-22(24(34)20-11-7-4-8-12-20)26(36,27(28,29)30)32-25(35)31-23/h3-16,22-23,36H,2,17H2,1H3,(H2,31,32,35)/t22-,23+,26-/m0/s1. The van der Waals surface area contributed by atoms with Crippen LogP contribution in [-0.2, 0) is 6.54 Å². The Hall–Kier alpha value is -3.85. The SMILES string of the molecule is CCN(Cc1ccccc1)c1ccc([C@H]2NC(=O)N[C@@](O)(C(F)(F)F)[C@@H]2C(=O)c2ccccc2)cc1. The van der Waals surface area contributed by atoms with Gasteiger partial charge in [0, 0.05) is 24.3 Å². The Morgan fingerprint density at radius 2 is 1.56 bits per heavy atom. The minimum atomic E-state index is -5.30. The van der Waals surface area contributed by atoms with E-state index < -0.39 is 35.7 Å². The summed E-state index contributed by atoms with van der Waals surface area (Å²) in [6.07, 6.45) is -5.30. The topological polar surface area (TPSA) is 81.7 Å². The van der Waals surface area contributed by atoms with Crippen LogP contribution in [-0.4, -0.2) is 35.4 Å². The molecule has 0 spiro atoms. The van der Waals surface area contributed by atoms with Crippen molar-refractivity contribution in [2.45, 2.75) is 31.4 Å².